The largest absolute Gasteiger partial charge is 0.458 e. The van der Waals surface area contributed by atoms with Gasteiger partial charge in [0.2, 0.25) is 0 Å². The first kappa shape index (κ1) is 23.4. The number of hydrogen-bond acceptors (Lipinski definition) is 2. The summed E-state index contributed by atoms with van der Waals surface area (Å²) in [6.45, 7) is 16.4. The first-order chi connectivity index (χ1) is 11.6. The number of carbonyl (C=O) groups is 1. The zero-order valence-corrected chi connectivity index (χ0v) is 17.6. The summed E-state index contributed by atoms with van der Waals surface area (Å²) in [5, 5.41) is 0. The van der Waals surface area contributed by atoms with Crippen molar-refractivity contribution in [2.24, 2.45) is 5.92 Å². The van der Waals surface area contributed by atoms with E-state index in [9.17, 15) is 4.79 Å². The lowest BCUT2D eigenvalue weighted by molar-refractivity contribution is -0.145. The van der Waals surface area contributed by atoms with Crippen LogP contribution in [-0.4, -0.2) is 12.1 Å². The van der Waals surface area contributed by atoms with Gasteiger partial charge in [-0.1, -0.05) is 47.4 Å². The van der Waals surface area contributed by atoms with Crippen molar-refractivity contribution in [3.8, 4) is 0 Å². The van der Waals surface area contributed by atoms with E-state index < -0.39 is 0 Å². The van der Waals surface area contributed by atoms with Crippen LogP contribution in [0.3, 0.4) is 0 Å². The maximum Gasteiger partial charge on any atom is 0.303 e. The number of rotatable bonds is 10. The van der Waals surface area contributed by atoms with Crippen LogP contribution in [-0.2, 0) is 9.53 Å². The van der Waals surface area contributed by atoms with E-state index >= 15 is 0 Å². The minimum absolute atomic E-state index is 0.175. The van der Waals surface area contributed by atoms with Crippen molar-refractivity contribution in [1.82, 2.24) is 0 Å². The second-order valence-electron chi connectivity index (χ2n) is 7.60. The van der Waals surface area contributed by atoms with Gasteiger partial charge in [-0.15, -0.1) is 0 Å². The van der Waals surface area contributed by atoms with E-state index in [1.807, 2.05) is 0 Å². The number of carbonyl (C=O) groups excluding carboxylic acids is 1. The van der Waals surface area contributed by atoms with Crippen molar-refractivity contribution in [2.45, 2.75) is 87.2 Å². The average Bonchev–Trinajstić information content (AvgIpc) is 2.45. The van der Waals surface area contributed by atoms with E-state index in [-0.39, 0.29) is 18.0 Å². The Hall–Kier alpha value is -1.57. The predicted octanol–water partition coefficient (Wildman–Crippen LogP) is 6.94. The molecule has 0 aliphatic heterocycles. The van der Waals surface area contributed by atoms with Crippen LogP contribution in [0.15, 0.2) is 46.6 Å². The van der Waals surface area contributed by atoms with Gasteiger partial charge in [-0.3, -0.25) is 4.79 Å². The van der Waals surface area contributed by atoms with Crippen LogP contribution >= 0.6 is 0 Å². The standard InChI is InChI=1S/C23H38O2/c1-17(2)11-9-13-19(5)15-21(7)23(25-22(8)24)16-20(6)14-10-12-18(3)4/h11-12,15-16,21,23H,9-10,13-14H2,1-8H3/b19-15+,20-16+. The van der Waals surface area contributed by atoms with Crippen molar-refractivity contribution in [2.75, 3.05) is 0 Å². The Morgan fingerprint density at radius 1 is 0.800 bits per heavy atom. The second-order valence-corrected chi connectivity index (χ2v) is 7.60. The molecule has 25 heavy (non-hydrogen) atoms. The summed E-state index contributed by atoms with van der Waals surface area (Å²) in [6.07, 6.45) is 12.8. The van der Waals surface area contributed by atoms with Crippen LogP contribution in [0.25, 0.3) is 0 Å². The van der Waals surface area contributed by atoms with E-state index in [2.05, 4.69) is 72.8 Å². The lowest BCUT2D eigenvalue weighted by Crippen LogP contribution is -2.21. The Morgan fingerprint density at radius 3 is 1.64 bits per heavy atom. The first-order valence-corrected chi connectivity index (χ1v) is 9.40. The summed E-state index contributed by atoms with van der Waals surface area (Å²) in [5.41, 5.74) is 5.31. The molecule has 0 bridgehead atoms. The monoisotopic (exact) mass is 346 g/mol. The van der Waals surface area contributed by atoms with E-state index in [0.29, 0.717) is 0 Å². The summed E-state index contributed by atoms with van der Waals surface area (Å²) in [7, 11) is 0. The molecule has 2 unspecified atom stereocenters. The molecule has 0 N–H and O–H groups in total. The molecule has 0 rings (SSSR count). The van der Waals surface area contributed by atoms with Crippen LogP contribution in [0.1, 0.15) is 81.1 Å². The molecule has 2 heteroatoms. The molecule has 0 aromatic heterocycles. The summed E-state index contributed by atoms with van der Waals surface area (Å²) < 4.78 is 5.57. The molecule has 0 spiro atoms. The van der Waals surface area contributed by atoms with E-state index in [4.69, 9.17) is 4.74 Å². The van der Waals surface area contributed by atoms with Crippen molar-refractivity contribution < 1.29 is 9.53 Å². The lowest BCUT2D eigenvalue weighted by atomic mass is 9.96. The molecule has 142 valence electrons. The fourth-order valence-corrected chi connectivity index (χ4v) is 2.65. The van der Waals surface area contributed by atoms with Gasteiger partial charge in [-0.25, -0.2) is 0 Å². The molecule has 2 nitrogen and oxygen atoms in total. The van der Waals surface area contributed by atoms with Crippen molar-refractivity contribution in [3.05, 3.63) is 46.6 Å². The highest BCUT2D eigenvalue weighted by atomic mass is 16.5. The summed E-state index contributed by atoms with van der Waals surface area (Å²) >= 11 is 0. The normalized spacial score (nSPS) is 14.6. The van der Waals surface area contributed by atoms with Gasteiger partial charge in [0.1, 0.15) is 6.10 Å². The molecule has 2 atom stereocenters. The average molecular weight is 347 g/mol. The van der Waals surface area contributed by atoms with E-state index in [1.165, 1.54) is 29.2 Å². The zero-order chi connectivity index (χ0) is 19.4. The highest BCUT2D eigenvalue weighted by Gasteiger charge is 2.16. The van der Waals surface area contributed by atoms with Crippen molar-refractivity contribution in [3.63, 3.8) is 0 Å². The smallest absolute Gasteiger partial charge is 0.303 e. The van der Waals surface area contributed by atoms with Gasteiger partial charge in [0.05, 0.1) is 0 Å². The first-order valence-electron chi connectivity index (χ1n) is 9.40. The predicted molar refractivity (Wildman–Crippen MR) is 110 cm³/mol. The zero-order valence-electron chi connectivity index (χ0n) is 17.6. The van der Waals surface area contributed by atoms with Crippen LogP contribution in [0, 0.1) is 5.92 Å². The van der Waals surface area contributed by atoms with Gasteiger partial charge >= 0.3 is 5.97 Å². The number of ether oxygens (including phenoxy) is 1. The Kier molecular flexibility index (Phi) is 11.9. The van der Waals surface area contributed by atoms with Crippen molar-refractivity contribution in [1.29, 1.82) is 0 Å². The molecule has 0 heterocycles. The van der Waals surface area contributed by atoms with Crippen molar-refractivity contribution >= 4 is 5.97 Å². The SMILES string of the molecule is CC(=O)OC(/C=C(\C)CCC=C(C)C)C(C)/C=C(\C)CCC=C(C)C. The summed E-state index contributed by atoms with van der Waals surface area (Å²) in [5.74, 6) is -0.0465. The number of hydrogen-bond donors (Lipinski definition) is 0. The lowest BCUT2D eigenvalue weighted by Gasteiger charge is -2.20. The van der Waals surface area contributed by atoms with Gasteiger partial charge in [0.15, 0.2) is 0 Å². The van der Waals surface area contributed by atoms with Crippen LogP contribution in [0.5, 0.6) is 0 Å². The Bertz CT molecular complexity index is 524. The van der Waals surface area contributed by atoms with Crippen LogP contribution in [0.2, 0.25) is 0 Å². The molecule has 0 aliphatic rings. The molecule has 0 fully saturated rings. The third-order valence-corrected chi connectivity index (χ3v) is 4.00. The van der Waals surface area contributed by atoms with E-state index in [0.717, 1.165) is 25.7 Å². The second kappa shape index (κ2) is 12.7. The number of allylic oxidation sites excluding steroid dienone is 6. The topological polar surface area (TPSA) is 26.3 Å². The molecule has 0 aromatic rings. The minimum Gasteiger partial charge on any atom is -0.458 e. The van der Waals surface area contributed by atoms with Crippen LogP contribution in [0.4, 0.5) is 0 Å². The Morgan fingerprint density at radius 2 is 1.24 bits per heavy atom. The third kappa shape index (κ3) is 13.4. The quantitative estimate of drug-likeness (QED) is 0.316. The maximum atomic E-state index is 11.5. The highest BCUT2D eigenvalue weighted by molar-refractivity contribution is 5.66. The maximum absolute atomic E-state index is 11.5. The molecule has 0 saturated heterocycles. The molecule has 0 amide bonds. The highest BCUT2D eigenvalue weighted by Crippen LogP contribution is 2.19. The van der Waals surface area contributed by atoms with Gasteiger partial charge in [0.25, 0.3) is 0 Å². The van der Waals surface area contributed by atoms with E-state index in [1.54, 1.807) is 0 Å². The van der Waals surface area contributed by atoms with Gasteiger partial charge in [0, 0.05) is 12.8 Å². The Labute approximate surface area is 155 Å². The van der Waals surface area contributed by atoms with Gasteiger partial charge < -0.3 is 4.74 Å². The fraction of sp³-hybridized carbons (Fsp3) is 0.609. The minimum atomic E-state index is -0.221. The third-order valence-electron chi connectivity index (χ3n) is 4.00. The fourth-order valence-electron chi connectivity index (χ4n) is 2.65. The molecular weight excluding hydrogens is 308 g/mol. The Balaban J connectivity index is 4.96. The van der Waals surface area contributed by atoms with Crippen LogP contribution < -0.4 is 0 Å². The summed E-state index contributed by atoms with van der Waals surface area (Å²) in [6, 6.07) is 0. The van der Waals surface area contributed by atoms with Gasteiger partial charge in [-0.2, -0.15) is 0 Å². The number of esters is 1. The summed E-state index contributed by atoms with van der Waals surface area (Å²) in [4.78, 5) is 11.5. The molecule has 0 aromatic carbocycles. The van der Waals surface area contributed by atoms with Gasteiger partial charge in [-0.05, 0) is 73.3 Å². The molecule has 0 radical (unpaired) electrons. The molecule has 0 aliphatic carbocycles. The molecular formula is C23H38O2. The molecule has 0 saturated carbocycles.